The highest BCUT2D eigenvalue weighted by Gasteiger charge is 2.09. The molecule has 1 rings (SSSR count). The van der Waals surface area contributed by atoms with Gasteiger partial charge in [-0.3, -0.25) is 10.2 Å². The SMILES string of the molecule is CCOC(=O)/C(C#N)=C/NNC(=O)Cc1cccs1. The number of amides is 1. The lowest BCUT2D eigenvalue weighted by molar-refractivity contribution is -0.138. The first kappa shape index (κ1) is 14.7. The molecule has 0 radical (unpaired) electrons. The standard InChI is InChI=1S/C12H13N3O3S/c1-2-18-12(17)9(7-13)8-14-15-11(16)6-10-4-3-5-19-10/h3-5,8,14H,2,6H2,1H3,(H,15,16)/b9-8+. The number of ether oxygens (including phenoxy) is 1. The van der Waals surface area contributed by atoms with E-state index in [1.807, 2.05) is 17.5 Å². The van der Waals surface area contributed by atoms with Crippen LogP contribution < -0.4 is 10.9 Å². The molecule has 0 spiro atoms. The van der Waals surface area contributed by atoms with E-state index >= 15 is 0 Å². The number of esters is 1. The first-order chi connectivity index (χ1) is 9.17. The molecule has 7 heteroatoms. The van der Waals surface area contributed by atoms with Gasteiger partial charge in [-0.1, -0.05) is 6.07 Å². The quantitative estimate of drug-likeness (QED) is 0.349. The van der Waals surface area contributed by atoms with Gasteiger partial charge < -0.3 is 10.2 Å². The highest BCUT2D eigenvalue weighted by Crippen LogP contribution is 2.08. The van der Waals surface area contributed by atoms with Crippen LogP contribution in [0.15, 0.2) is 29.3 Å². The molecule has 0 bridgehead atoms. The minimum absolute atomic E-state index is 0.183. The summed E-state index contributed by atoms with van der Waals surface area (Å²) in [4.78, 5) is 23.6. The Morgan fingerprint density at radius 1 is 1.58 bits per heavy atom. The zero-order chi connectivity index (χ0) is 14.1. The van der Waals surface area contributed by atoms with Crippen molar-refractivity contribution >= 4 is 23.2 Å². The van der Waals surface area contributed by atoms with E-state index in [9.17, 15) is 9.59 Å². The molecule has 0 aliphatic heterocycles. The van der Waals surface area contributed by atoms with Crippen LogP contribution in [0.1, 0.15) is 11.8 Å². The Kier molecular flexibility index (Phi) is 6.12. The number of nitriles is 1. The Bertz CT molecular complexity index is 503. The second kappa shape index (κ2) is 7.89. The first-order valence-electron chi connectivity index (χ1n) is 5.51. The van der Waals surface area contributed by atoms with Gasteiger partial charge in [-0.2, -0.15) is 5.26 Å². The van der Waals surface area contributed by atoms with Crippen molar-refractivity contribution in [2.45, 2.75) is 13.3 Å². The molecular weight excluding hydrogens is 266 g/mol. The van der Waals surface area contributed by atoms with Crippen LogP contribution >= 0.6 is 11.3 Å². The molecule has 100 valence electrons. The summed E-state index contributed by atoms with van der Waals surface area (Å²) in [6, 6.07) is 5.38. The first-order valence-corrected chi connectivity index (χ1v) is 6.39. The van der Waals surface area contributed by atoms with E-state index in [0.717, 1.165) is 11.1 Å². The number of hydrogen-bond acceptors (Lipinski definition) is 6. The number of rotatable bonds is 6. The third kappa shape index (κ3) is 5.23. The summed E-state index contributed by atoms with van der Waals surface area (Å²) >= 11 is 1.48. The molecule has 1 heterocycles. The Hall–Kier alpha value is -2.33. The number of thiophene rings is 1. The lowest BCUT2D eigenvalue weighted by atomic mass is 10.3. The minimum atomic E-state index is -0.731. The molecule has 0 fully saturated rings. The molecule has 0 unspecified atom stereocenters. The van der Waals surface area contributed by atoms with Crippen LogP contribution in [0.5, 0.6) is 0 Å². The normalized spacial score (nSPS) is 10.4. The van der Waals surface area contributed by atoms with Gasteiger partial charge in [0.1, 0.15) is 6.07 Å². The van der Waals surface area contributed by atoms with Crippen LogP contribution in [0.25, 0.3) is 0 Å². The number of carbonyl (C=O) groups excluding carboxylic acids is 2. The van der Waals surface area contributed by atoms with Gasteiger partial charge >= 0.3 is 5.97 Å². The second-order valence-corrected chi connectivity index (χ2v) is 4.37. The van der Waals surface area contributed by atoms with Gasteiger partial charge in [0.05, 0.1) is 13.0 Å². The molecular formula is C12H13N3O3S. The van der Waals surface area contributed by atoms with Crippen molar-refractivity contribution in [3.8, 4) is 6.07 Å². The van der Waals surface area contributed by atoms with Gasteiger partial charge in [-0.15, -0.1) is 11.3 Å². The van der Waals surface area contributed by atoms with E-state index in [1.54, 1.807) is 13.0 Å². The number of carbonyl (C=O) groups is 2. The molecule has 0 atom stereocenters. The number of hydrazine groups is 1. The zero-order valence-corrected chi connectivity index (χ0v) is 11.1. The van der Waals surface area contributed by atoms with E-state index < -0.39 is 5.97 Å². The van der Waals surface area contributed by atoms with Crippen molar-refractivity contribution in [1.82, 2.24) is 10.9 Å². The third-order valence-corrected chi connectivity index (χ3v) is 2.84. The van der Waals surface area contributed by atoms with Crippen molar-refractivity contribution in [3.63, 3.8) is 0 Å². The summed E-state index contributed by atoms with van der Waals surface area (Å²) < 4.78 is 4.66. The van der Waals surface area contributed by atoms with E-state index in [0.29, 0.717) is 0 Å². The summed E-state index contributed by atoms with van der Waals surface area (Å²) in [6.07, 6.45) is 1.34. The Balaban J connectivity index is 2.41. The Morgan fingerprint density at radius 2 is 2.37 bits per heavy atom. The van der Waals surface area contributed by atoms with Crippen molar-refractivity contribution in [3.05, 3.63) is 34.2 Å². The highest BCUT2D eigenvalue weighted by molar-refractivity contribution is 7.10. The summed E-state index contributed by atoms with van der Waals surface area (Å²) in [5, 5.41) is 10.6. The Morgan fingerprint density at radius 3 is 2.95 bits per heavy atom. The molecule has 6 nitrogen and oxygen atoms in total. The Labute approximate surface area is 114 Å². The molecule has 1 aromatic heterocycles. The van der Waals surface area contributed by atoms with Crippen molar-refractivity contribution < 1.29 is 14.3 Å². The molecule has 19 heavy (non-hydrogen) atoms. The van der Waals surface area contributed by atoms with E-state index in [1.165, 1.54) is 11.3 Å². The molecule has 0 saturated carbocycles. The van der Waals surface area contributed by atoms with Gasteiger partial charge in [0.25, 0.3) is 0 Å². The van der Waals surface area contributed by atoms with Gasteiger partial charge in [0, 0.05) is 11.1 Å². The lowest BCUT2D eigenvalue weighted by Gasteiger charge is -2.04. The van der Waals surface area contributed by atoms with Gasteiger partial charge in [0.2, 0.25) is 5.91 Å². The largest absolute Gasteiger partial charge is 0.462 e. The van der Waals surface area contributed by atoms with Crippen molar-refractivity contribution in [2.75, 3.05) is 6.61 Å². The van der Waals surface area contributed by atoms with Crippen LogP contribution in [-0.4, -0.2) is 18.5 Å². The predicted molar refractivity (Wildman–Crippen MR) is 69.6 cm³/mol. The summed E-state index contributed by atoms with van der Waals surface area (Å²) in [7, 11) is 0. The minimum Gasteiger partial charge on any atom is -0.462 e. The highest BCUT2D eigenvalue weighted by atomic mass is 32.1. The molecule has 0 aromatic carbocycles. The van der Waals surface area contributed by atoms with Crippen LogP contribution in [-0.2, 0) is 20.7 Å². The van der Waals surface area contributed by atoms with Gasteiger partial charge in [0.15, 0.2) is 5.57 Å². The van der Waals surface area contributed by atoms with Gasteiger partial charge in [-0.25, -0.2) is 4.79 Å². The fourth-order valence-electron chi connectivity index (χ4n) is 1.15. The van der Waals surface area contributed by atoms with E-state index in [2.05, 4.69) is 15.6 Å². The van der Waals surface area contributed by atoms with Crippen LogP contribution in [0.3, 0.4) is 0 Å². The van der Waals surface area contributed by atoms with Gasteiger partial charge in [-0.05, 0) is 18.4 Å². The second-order valence-electron chi connectivity index (χ2n) is 3.34. The number of nitrogens with one attached hydrogen (secondary N) is 2. The molecule has 0 aliphatic rings. The van der Waals surface area contributed by atoms with Crippen molar-refractivity contribution in [2.24, 2.45) is 0 Å². The maximum Gasteiger partial charge on any atom is 0.350 e. The molecule has 2 N–H and O–H groups in total. The predicted octanol–water partition coefficient (Wildman–Crippen LogP) is 0.882. The van der Waals surface area contributed by atoms with E-state index in [-0.39, 0.29) is 24.5 Å². The maximum atomic E-state index is 11.5. The van der Waals surface area contributed by atoms with Crippen LogP contribution in [0.2, 0.25) is 0 Å². The monoisotopic (exact) mass is 279 g/mol. The summed E-state index contributed by atoms with van der Waals surface area (Å²) in [6.45, 7) is 1.83. The average molecular weight is 279 g/mol. The molecule has 1 amide bonds. The number of nitrogens with zero attached hydrogens (tertiary/aromatic N) is 1. The molecule has 1 aromatic rings. The summed E-state index contributed by atoms with van der Waals surface area (Å²) in [5.41, 5.74) is 4.56. The van der Waals surface area contributed by atoms with Crippen LogP contribution in [0.4, 0.5) is 0 Å². The fraction of sp³-hybridized carbons (Fsp3) is 0.250. The molecule has 0 aliphatic carbocycles. The fourth-order valence-corrected chi connectivity index (χ4v) is 1.85. The van der Waals surface area contributed by atoms with Crippen molar-refractivity contribution in [1.29, 1.82) is 5.26 Å². The topological polar surface area (TPSA) is 91.2 Å². The lowest BCUT2D eigenvalue weighted by Crippen LogP contribution is -2.35. The number of hydrogen-bond donors (Lipinski definition) is 2. The average Bonchev–Trinajstić information content (AvgIpc) is 2.87. The zero-order valence-electron chi connectivity index (χ0n) is 10.3. The maximum absolute atomic E-state index is 11.5. The third-order valence-electron chi connectivity index (χ3n) is 1.96. The molecule has 0 saturated heterocycles. The summed E-state index contributed by atoms with van der Waals surface area (Å²) in [5.74, 6) is -0.996. The smallest absolute Gasteiger partial charge is 0.350 e. The van der Waals surface area contributed by atoms with Crippen LogP contribution in [0, 0.1) is 11.3 Å². The van der Waals surface area contributed by atoms with E-state index in [4.69, 9.17) is 5.26 Å².